The third kappa shape index (κ3) is 2.54. The zero-order valence-electron chi connectivity index (χ0n) is 10.2. The van der Waals surface area contributed by atoms with E-state index in [9.17, 15) is 9.59 Å². The van der Waals surface area contributed by atoms with E-state index in [1.807, 2.05) is 37.3 Å². The van der Waals surface area contributed by atoms with Crippen molar-refractivity contribution in [1.29, 1.82) is 0 Å². The zero-order valence-corrected chi connectivity index (χ0v) is 10.2. The minimum absolute atomic E-state index is 0.000839. The molecule has 1 atom stereocenters. The molecule has 2 aromatic rings. The molecule has 2 aromatic carbocycles. The smallest absolute Gasteiger partial charge is 0.193 e. The van der Waals surface area contributed by atoms with Gasteiger partial charge in [-0.25, -0.2) is 0 Å². The Morgan fingerprint density at radius 2 is 1.50 bits per heavy atom. The maximum absolute atomic E-state index is 12.1. The average Bonchev–Trinajstić information content (AvgIpc) is 2.47. The van der Waals surface area contributed by atoms with Crippen molar-refractivity contribution in [3.05, 3.63) is 71.3 Å². The van der Waals surface area contributed by atoms with Gasteiger partial charge in [0.2, 0.25) is 0 Å². The lowest BCUT2D eigenvalue weighted by molar-refractivity contribution is -0.108. The fraction of sp³-hybridized carbons (Fsp3) is 0.125. The van der Waals surface area contributed by atoms with Crippen LogP contribution in [0.2, 0.25) is 0 Å². The third-order valence-electron chi connectivity index (χ3n) is 2.94. The molecule has 0 aliphatic rings. The normalized spacial score (nSPS) is 11.8. The number of carbonyl (C=O) groups excluding carboxylic acids is 2. The molecule has 0 N–H and O–H groups in total. The van der Waals surface area contributed by atoms with Crippen LogP contribution in [0.3, 0.4) is 0 Å². The van der Waals surface area contributed by atoms with Crippen molar-refractivity contribution >= 4 is 12.1 Å². The Kier molecular flexibility index (Phi) is 3.68. The van der Waals surface area contributed by atoms with E-state index in [0.717, 1.165) is 11.8 Å². The SMILES string of the molecule is C[C@H](C=O)c1ccc(C(=O)c2ccccc2)cc1. The summed E-state index contributed by atoms with van der Waals surface area (Å²) in [5.74, 6) is -0.133. The van der Waals surface area contributed by atoms with Crippen molar-refractivity contribution < 1.29 is 9.59 Å². The maximum atomic E-state index is 12.1. The van der Waals surface area contributed by atoms with Crippen LogP contribution in [0, 0.1) is 0 Å². The standard InChI is InChI=1S/C16H14O2/c1-12(11-17)13-7-9-15(10-8-13)16(18)14-5-3-2-4-6-14/h2-12H,1H3/t12-/m1/s1. The lowest BCUT2D eigenvalue weighted by Gasteiger charge is -2.05. The van der Waals surface area contributed by atoms with E-state index >= 15 is 0 Å². The minimum Gasteiger partial charge on any atom is -0.303 e. The van der Waals surface area contributed by atoms with E-state index in [1.165, 1.54) is 0 Å². The van der Waals surface area contributed by atoms with Gasteiger partial charge < -0.3 is 4.79 Å². The van der Waals surface area contributed by atoms with Crippen molar-refractivity contribution in [3.63, 3.8) is 0 Å². The molecule has 2 nitrogen and oxygen atoms in total. The molecule has 0 fully saturated rings. The fourth-order valence-corrected chi connectivity index (χ4v) is 1.77. The first-order valence-electron chi connectivity index (χ1n) is 5.87. The van der Waals surface area contributed by atoms with E-state index in [2.05, 4.69) is 0 Å². The predicted octanol–water partition coefficient (Wildman–Crippen LogP) is 3.22. The second-order valence-corrected chi connectivity index (χ2v) is 4.24. The van der Waals surface area contributed by atoms with Gasteiger partial charge in [-0.2, -0.15) is 0 Å². The summed E-state index contributed by atoms with van der Waals surface area (Å²) in [6.07, 6.45) is 0.897. The fourth-order valence-electron chi connectivity index (χ4n) is 1.77. The van der Waals surface area contributed by atoms with Gasteiger partial charge in [-0.1, -0.05) is 61.5 Å². The number of hydrogen-bond acceptors (Lipinski definition) is 2. The number of rotatable bonds is 4. The van der Waals surface area contributed by atoms with Crippen LogP contribution in [-0.2, 0) is 4.79 Å². The van der Waals surface area contributed by atoms with Crippen LogP contribution in [0.15, 0.2) is 54.6 Å². The molecule has 0 saturated heterocycles. The first kappa shape index (κ1) is 12.2. The molecular weight excluding hydrogens is 224 g/mol. The molecule has 0 unspecified atom stereocenters. The average molecular weight is 238 g/mol. The Hall–Kier alpha value is -2.22. The van der Waals surface area contributed by atoms with Crippen molar-refractivity contribution in [2.24, 2.45) is 0 Å². The molecule has 0 aliphatic heterocycles. The summed E-state index contributed by atoms with van der Waals surface area (Å²) in [6.45, 7) is 1.83. The third-order valence-corrected chi connectivity index (χ3v) is 2.94. The quantitative estimate of drug-likeness (QED) is 0.605. The largest absolute Gasteiger partial charge is 0.303 e. The summed E-state index contributed by atoms with van der Waals surface area (Å²) >= 11 is 0. The summed E-state index contributed by atoms with van der Waals surface area (Å²) < 4.78 is 0. The van der Waals surface area contributed by atoms with Crippen LogP contribution in [0.4, 0.5) is 0 Å². The van der Waals surface area contributed by atoms with Crippen LogP contribution in [0.25, 0.3) is 0 Å². The van der Waals surface area contributed by atoms with Crippen molar-refractivity contribution in [1.82, 2.24) is 0 Å². The van der Waals surface area contributed by atoms with E-state index in [-0.39, 0.29) is 11.7 Å². The molecule has 0 radical (unpaired) electrons. The first-order chi connectivity index (χ1) is 8.72. The second-order valence-electron chi connectivity index (χ2n) is 4.24. The summed E-state index contributed by atoms with van der Waals surface area (Å²) in [5, 5.41) is 0. The van der Waals surface area contributed by atoms with Gasteiger partial charge in [-0.05, 0) is 5.56 Å². The highest BCUT2D eigenvalue weighted by Crippen LogP contribution is 2.15. The Morgan fingerprint density at radius 1 is 0.944 bits per heavy atom. The number of carbonyl (C=O) groups is 2. The van der Waals surface area contributed by atoms with E-state index in [0.29, 0.717) is 11.1 Å². The summed E-state index contributed by atoms with van der Waals surface area (Å²) in [4.78, 5) is 22.8. The van der Waals surface area contributed by atoms with Crippen molar-refractivity contribution in [2.45, 2.75) is 12.8 Å². The Morgan fingerprint density at radius 3 is 2.06 bits per heavy atom. The lowest BCUT2D eigenvalue weighted by Crippen LogP contribution is -2.02. The van der Waals surface area contributed by atoms with E-state index in [1.54, 1.807) is 24.3 Å². The highest BCUT2D eigenvalue weighted by molar-refractivity contribution is 6.08. The monoisotopic (exact) mass is 238 g/mol. The molecule has 0 aliphatic carbocycles. The van der Waals surface area contributed by atoms with Gasteiger partial charge in [0.25, 0.3) is 0 Å². The van der Waals surface area contributed by atoms with Crippen molar-refractivity contribution in [3.8, 4) is 0 Å². The number of hydrogen-bond donors (Lipinski definition) is 0. The van der Waals surface area contributed by atoms with Gasteiger partial charge in [0, 0.05) is 17.0 Å². The lowest BCUT2D eigenvalue weighted by atomic mass is 9.98. The van der Waals surface area contributed by atoms with Gasteiger partial charge >= 0.3 is 0 Å². The molecule has 90 valence electrons. The molecule has 0 spiro atoms. The molecule has 18 heavy (non-hydrogen) atoms. The Bertz CT molecular complexity index is 541. The van der Waals surface area contributed by atoms with Crippen LogP contribution < -0.4 is 0 Å². The van der Waals surface area contributed by atoms with E-state index < -0.39 is 0 Å². The first-order valence-corrected chi connectivity index (χ1v) is 5.87. The molecule has 2 rings (SSSR count). The summed E-state index contributed by atoms with van der Waals surface area (Å²) in [7, 11) is 0. The summed E-state index contributed by atoms with van der Waals surface area (Å²) in [6, 6.07) is 16.4. The van der Waals surface area contributed by atoms with Gasteiger partial charge in [0.05, 0.1) is 0 Å². The van der Waals surface area contributed by atoms with Gasteiger partial charge in [0.15, 0.2) is 5.78 Å². The predicted molar refractivity (Wildman–Crippen MR) is 70.8 cm³/mol. The van der Waals surface area contributed by atoms with Crippen LogP contribution in [0.1, 0.15) is 34.3 Å². The van der Waals surface area contributed by atoms with Gasteiger partial charge in [0.1, 0.15) is 6.29 Å². The molecule has 0 saturated carbocycles. The molecule has 0 bridgehead atoms. The van der Waals surface area contributed by atoms with E-state index in [4.69, 9.17) is 0 Å². The number of aldehydes is 1. The Balaban J connectivity index is 2.25. The zero-order chi connectivity index (χ0) is 13.0. The van der Waals surface area contributed by atoms with Crippen LogP contribution in [-0.4, -0.2) is 12.1 Å². The number of ketones is 1. The second kappa shape index (κ2) is 5.41. The maximum Gasteiger partial charge on any atom is 0.193 e. The van der Waals surface area contributed by atoms with Crippen LogP contribution in [0.5, 0.6) is 0 Å². The topological polar surface area (TPSA) is 34.1 Å². The highest BCUT2D eigenvalue weighted by atomic mass is 16.1. The molecule has 0 aromatic heterocycles. The molecular formula is C16H14O2. The minimum atomic E-state index is -0.133. The summed E-state index contributed by atoms with van der Waals surface area (Å²) in [5.41, 5.74) is 2.24. The Labute approximate surface area is 106 Å². The van der Waals surface area contributed by atoms with Crippen molar-refractivity contribution in [2.75, 3.05) is 0 Å². The van der Waals surface area contributed by atoms with Gasteiger partial charge in [-0.3, -0.25) is 4.79 Å². The molecule has 0 heterocycles. The molecule has 0 amide bonds. The van der Waals surface area contributed by atoms with Crippen LogP contribution >= 0.6 is 0 Å². The molecule has 2 heteroatoms. The number of benzene rings is 2. The van der Waals surface area contributed by atoms with Gasteiger partial charge in [-0.15, -0.1) is 0 Å². The highest BCUT2D eigenvalue weighted by Gasteiger charge is 2.09.